The lowest BCUT2D eigenvalue weighted by atomic mass is 10.1. The van der Waals surface area contributed by atoms with Crippen LogP contribution in [-0.4, -0.2) is 21.0 Å². The zero-order chi connectivity index (χ0) is 11.8. The van der Waals surface area contributed by atoms with Crippen LogP contribution in [0, 0.1) is 0 Å². The third-order valence-electron chi connectivity index (χ3n) is 2.31. The van der Waals surface area contributed by atoms with Crippen LogP contribution in [0.25, 0.3) is 0 Å². The van der Waals surface area contributed by atoms with E-state index >= 15 is 0 Å². The van der Waals surface area contributed by atoms with Crippen molar-refractivity contribution in [3.63, 3.8) is 0 Å². The Morgan fingerprint density at radius 2 is 2.31 bits per heavy atom. The molecule has 0 aromatic carbocycles. The van der Waals surface area contributed by atoms with Crippen molar-refractivity contribution in [3.05, 3.63) is 19.0 Å². The Morgan fingerprint density at radius 3 is 2.94 bits per heavy atom. The third kappa shape index (κ3) is 4.25. The van der Waals surface area contributed by atoms with Gasteiger partial charge in [-0.3, -0.25) is 0 Å². The summed E-state index contributed by atoms with van der Waals surface area (Å²) in [5.41, 5.74) is 5.47. The summed E-state index contributed by atoms with van der Waals surface area (Å²) in [5, 5.41) is 3.17. The highest BCUT2D eigenvalue weighted by Gasteiger charge is 2.05. The molecule has 88 valence electrons. The van der Waals surface area contributed by atoms with Crippen LogP contribution < -0.4 is 11.1 Å². The summed E-state index contributed by atoms with van der Waals surface area (Å²) in [6.45, 7) is 5.98. The number of nitrogens with zero attached hydrogens (tertiary/aromatic N) is 3. The number of nitrogens with two attached hydrogens (primary N) is 1. The minimum atomic E-state index is 0.188. The molecule has 0 saturated carbocycles. The average molecular weight is 221 g/mol. The van der Waals surface area contributed by atoms with Gasteiger partial charge in [-0.15, -0.1) is 6.58 Å². The van der Waals surface area contributed by atoms with Gasteiger partial charge in [0, 0.05) is 6.04 Å². The monoisotopic (exact) mass is 221 g/mol. The standard InChI is InChI=1S/C11H19N5/c1-3-5-6-7-9(4-2)15-11-14-8-13-10(12)16-11/h4,8-9H,2-3,5-7H2,1H3,(H3,12,13,14,15,16). The van der Waals surface area contributed by atoms with E-state index in [2.05, 4.69) is 33.8 Å². The van der Waals surface area contributed by atoms with Gasteiger partial charge in [0.2, 0.25) is 11.9 Å². The van der Waals surface area contributed by atoms with Crippen LogP contribution in [-0.2, 0) is 0 Å². The number of hydrogen-bond acceptors (Lipinski definition) is 5. The van der Waals surface area contributed by atoms with Crippen LogP contribution in [0.2, 0.25) is 0 Å². The zero-order valence-electron chi connectivity index (χ0n) is 9.69. The van der Waals surface area contributed by atoms with Gasteiger partial charge in [0.25, 0.3) is 0 Å². The predicted octanol–water partition coefficient (Wildman–Crippen LogP) is 2.00. The maximum absolute atomic E-state index is 5.47. The summed E-state index contributed by atoms with van der Waals surface area (Å²) in [7, 11) is 0. The molecular formula is C11H19N5. The number of nitrogen functional groups attached to an aromatic ring is 1. The van der Waals surface area contributed by atoms with Crippen LogP contribution in [0.5, 0.6) is 0 Å². The van der Waals surface area contributed by atoms with Gasteiger partial charge < -0.3 is 11.1 Å². The second kappa shape index (κ2) is 6.76. The molecule has 0 fully saturated rings. The van der Waals surface area contributed by atoms with Crippen LogP contribution in [0.15, 0.2) is 19.0 Å². The Bertz CT molecular complexity index is 326. The van der Waals surface area contributed by atoms with Crippen molar-refractivity contribution >= 4 is 11.9 Å². The molecule has 16 heavy (non-hydrogen) atoms. The molecule has 0 aliphatic heterocycles. The summed E-state index contributed by atoms with van der Waals surface area (Å²) in [4.78, 5) is 11.7. The summed E-state index contributed by atoms with van der Waals surface area (Å²) < 4.78 is 0. The van der Waals surface area contributed by atoms with Gasteiger partial charge in [-0.1, -0.05) is 32.3 Å². The molecule has 1 heterocycles. The smallest absolute Gasteiger partial charge is 0.227 e. The molecule has 3 N–H and O–H groups in total. The fraction of sp³-hybridized carbons (Fsp3) is 0.545. The first-order valence-electron chi connectivity index (χ1n) is 5.60. The van der Waals surface area contributed by atoms with Gasteiger partial charge >= 0.3 is 0 Å². The van der Waals surface area contributed by atoms with Crippen molar-refractivity contribution in [3.8, 4) is 0 Å². The minimum absolute atomic E-state index is 0.188. The molecule has 1 aromatic heterocycles. The fourth-order valence-electron chi connectivity index (χ4n) is 1.41. The zero-order valence-corrected chi connectivity index (χ0v) is 9.69. The molecule has 1 atom stereocenters. The van der Waals surface area contributed by atoms with E-state index in [-0.39, 0.29) is 12.0 Å². The Morgan fingerprint density at radius 1 is 1.50 bits per heavy atom. The van der Waals surface area contributed by atoms with Gasteiger partial charge in [0.15, 0.2) is 0 Å². The molecule has 5 nitrogen and oxygen atoms in total. The molecule has 1 rings (SSSR count). The van der Waals surface area contributed by atoms with Gasteiger partial charge in [-0.25, -0.2) is 9.97 Å². The van der Waals surface area contributed by atoms with Gasteiger partial charge in [0.05, 0.1) is 0 Å². The lowest BCUT2D eigenvalue weighted by Crippen LogP contribution is -2.18. The van der Waals surface area contributed by atoms with Gasteiger partial charge in [-0.05, 0) is 6.42 Å². The minimum Gasteiger partial charge on any atom is -0.368 e. The van der Waals surface area contributed by atoms with Crippen molar-refractivity contribution in [2.75, 3.05) is 11.1 Å². The topological polar surface area (TPSA) is 76.7 Å². The van der Waals surface area contributed by atoms with E-state index in [0.29, 0.717) is 5.95 Å². The maximum atomic E-state index is 5.47. The summed E-state index contributed by atoms with van der Waals surface area (Å²) in [6.07, 6.45) is 7.91. The largest absolute Gasteiger partial charge is 0.368 e. The highest BCUT2D eigenvalue weighted by atomic mass is 15.2. The third-order valence-corrected chi connectivity index (χ3v) is 2.31. The molecular weight excluding hydrogens is 202 g/mol. The lowest BCUT2D eigenvalue weighted by molar-refractivity contribution is 0.639. The number of unbranched alkanes of at least 4 members (excludes halogenated alkanes) is 2. The summed E-state index contributed by atoms with van der Waals surface area (Å²) in [5.74, 6) is 0.739. The van der Waals surface area contributed by atoms with E-state index < -0.39 is 0 Å². The summed E-state index contributed by atoms with van der Waals surface area (Å²) in [6, 6.07) is 0.188. The number of aromatic nitrogens is 3. The Kier molecular flexibility index (Phi) is 5.25. The van der Waals surface area contributed by atoms with Gasteiger partial charge in [-0.2, -0.15) is 4.98 Å². The van der Waals surface area contributed by atoms with E-state index in [9.17, 15) is 0 Å². The first-order valence-corrected chi connectivity index (χ1v) is 5.60. The highest BCUT2D eigenvalue weighted by Crippen LogP contribution is 2.09. The van der Waals surface area contributed by atoms with E-state index in [1.54, 1.807) is 0 Å². The molecule has 0 radical (unpaired) electrons. The van der Waals surface area contributed by atoms with Crippen LogP contribution in [0.1, 0.15) is 32.6 Å². The molecule has 5 heteroatoms. The second-order valence-electron chi connectivity index (χ2n) is 3.65. The van der Waals surface area contributed by atoms with E-state index in [0.717, 1.165) is 6.42 Å². The molecule has 1 aromatic rings. The van der Waals surface area contributed by atoms with Crippen LogP contribution in [0.4, 0.5) is 11.9 Å². The van der Waals surface area contributed by atoms with Crippen molar-refractivity contribution < 1.29 is 0 Å². The molecule has 0 saturated heterocycles. The highest BCUT2D eigenvalue weighted by molar-refractivity contribution is 5.31. The molecule has 0 aliphatic carbocycles. The molecule has 1 unspecified atom stereocenters. The molecule has 0 aliphatic rings. The fourth-order valence-corrected chi connectivity index (χ4v) is 1.41. The number of anilines is 2. The number of nitrogens with one attached hydrogen (secondary N) is 1. The lowest BCUT2D eigenvalue weighted by Gasteiger charge is -2.13. The quantitative estimate of drug-likeness (QED) is 0.544. The van der Waals surface area contributed by atoms with Crippen molar-refractivity contribution in [2.24, 2.45) is 0 Å². The number of rotatable bonds is 7. The maximum Gasteiger partial charge on any atom is 0.227 e. The van der Waals surface area contributed by atoms with Crippen LogP contribution in [0.3, 0.4) is 0 Å². The normalized spacial score (nSPS) is 12.1. The van der Waals surface area contributed by atoms with Crippen molar-refractivity contribution in [1.29, 1.82) is 0 Å². The van der Waals surface area contributed by atoms with Crippen molar-refractivity contribution in [1.82, 2.24) is 15.0 Å². The van der Waals surface area contributed by atoms with E-state index in [4.69, 9.17) is 5.73 Å². The predicted molar refractivity (Wildman–Crippen MR) is 66.0 cm³/mol. The van der Waals surface area contributed by atoms with Crippen LogP contribution >= 0.6 is 0 Å². The summed E-state index contributed by atoms with van der Waals surface area (Å²) >= 11 is 0. The first-order chi connectivity index (χ1) is 7.76. The second-order valence-corrected chi connectivity index (χ2v) is 3.65. The Hall–Kier alpha value is -1.65. The SMILES string of the molecule is C=CC(CCCCC)Nc1ncnc(N)n1. The number of hydrogen-bond donors (Lipinski definition) is 2. The van der Waals surface area contributed by atoms with Gasteiger partial charge in [0.1, 0.15) is 6.33 Å². The molecule has 0 amide bonds. The Balaban J connectivity index is 2.46. The van der Waals surface area contributed by atoms with Crippen molar-refractivity contribution in [2.45, 2.75) is 38.6 Å². The average Bonchev–Trinajstić information content (AvgIpc) is 2.28. The van der Waals surface area contributed by atoms with E-state index in [1.165, 1.54) is 25.6 Å². The van der Waals surface area contributed by atoms with E-state index in [1.807, 2.05) is 6.08 Å². The molecule has 0 bridgehead atoms. The Labute approximate surface area is 96.2 Å². The first kappa shape index (κ1) is 12.4. The molecule has 0 spiro atoms.